The first-order valence-corrected chi connectivity index (χ1v) is 6.35. The summed E-state index contributed by atoms with van der Waals surface area (Å²) in [5.74, 6) is -0.636. The molecule has 6 nitrogen and oxygen atoms in total. The van der Waals surface area contributed by atoms with E-state index in [1.807, 2.05) is 30.3 Å². The number of hydrogen-bond acceptors (Lipinski definition) is 4. The van der Waals surface area contributed by atoms with Crippen molar-refractivity contribution < 1.29 is 19.1 Å². The minimum Gasteiger partial charge on any atom is -0.445 e. The topological polar surface area (TPSA) is 75.7 Å². The van der Waals surface area contributed by atoms with Gasteiger partial charge in [0.05, 0.1) is 0 Å². The summed E-state index contributed by atoms with van der Waals surface area (Å²) in [7, 11) is 1.41. The molecule has 1 aliphatic rings. The van der Waals surface area contributed by atoms with E-state index in [1.165, 1.54) is 7.05 Å². The van der Waals surface area contributed by atoms with Gasteiger partial charge >= 0.3 is 6.09 Å². The third kappa shape index (κ3) is 3.34. The molecule has 20 heavy (non-hydrogen) atoms. The van der Waals surface area contributed by atoms with Crippen LogP contribution < -0.4 is 5.32 Å². The van der Waals surface area contributed by atoms with E-state index in [1.54, 1.807) is 0 Å². The van der Waals surface area contributed by atoms with Gasteiger partial charge in [0.1, 0.15) is 12.6 Å². The summed E-state index contributed by atoms with van der Waals surface area (Å²) in [5.41, 5.74) is 0.866. The van der Waals surface area contributed by atoms with Crippen molar-refractivity contribution in [2.45, 2.75) is 25.5 Å². The van der Waals surface area contributed by atoms with Gasteiger partial charge in [0.15, 0.2) is 0 Å². The van der Waals surface area contributed by atoms with Crippen molar-refractivity contribution in [1.82, 2.24) is 10.2 Å². The van der Waals surface area contributed by atoms with E-state index < -0.39 is 18.0 Å². The summed E-state index contributed by atoms with van der Waals surface area (Å²) < 4.78 is 5.04. The second-order valence-corrected chi connectivity index (χ2v) is 4.59. The molecule has 0 radical (unpaired) electrons. The monoisotopic (exact) mass is 276 g/mol. The lowest BCUT2D eigenvalue weighted by Gasteiger charge is -2.27. The summed E-state index contributed by atoms with van der Waals surface area (Å²) >= 11 is 0. The molecular formula is C14H16N2O4. The maximum absolute atomic E-state index is 11.8. The smallest absolute Gasteiger partial charge is 0.408 e. The number of carbonyl (C=O) groups excluding carboxylic acids is 3. The van der Waals surface area contributed by atoms with E-state index in [4.69, 9.17) is 4.74 Å². The van der Waals surface area contributed by atoms with Crippen LogP contribution in [-0.2, 0) is 20.9 Å². The Morgan fingerprint density at radius 2 is 2.05 bits per heavy atom. The van der Waals surface area contributed by atoms with Gasteiger partial charge in [-0.15, -0.1) is 0 Å². The molecule has 3 amide bonds. The normalized spacial score (nSPS) is 18.9. The number of hydrogen-bond donors (Lipinski definition) is 1. The second-order valence-electron chi connectivity index (χ2n) is 4.59. The fraction of sp³-hybridized carbons (Fsp3) is 0.357. The molecule has 1 heterocycles. The van der Waals surface area contributed by atoms with Gasteiger partial charge in [-0.2, -0.15) is 0 Å². The molecular weight excluding hydrogens is 260 g/mol. The van der Waals surface area contributed by atoms with E-state index in [0.717, 1.165) is 10.5 Å². The first kappa shape index (κ1) is 14.0. The van der Waals surface area contributed by atoms with Crippen LogP contribution in [-0.4, -0.2) is 35.9 Å². The second kappa shape index (κ2) is 6.18. The number of carbonyl (C=O) groups is 3. The van der Waals surface area contributed by atoms with Crippen LogP contribution in [0.1, 0.15) is 18.4 Å². The zero-order valence-electron chi connectivity index (χ0n) is 11.2. The van der Waals surface area contributed by atoms with Crippen LogP contribution in [0.4, 0.5) is 4.79 Å². The van der Waals surface area contributed by atoms with Crippen molar-refractivity contribution in [3.63, 3.8) is 0 Å². The molecule has 106 valence electrons. The van der Waals surface area contributed by atoms with E-state index in [-0.39, 0.29) is 18.9 Å². The quantitative estimate of drug-likeness (QED) is 0.838. The van der Waals surface area contributed by atoms with Crippen LogP contribution in [0.5, 0.6) is 0 Å². The van der Waals surface area contributed by atoms with Gasteiger partial charge in [-0.25, -0.2) is 4.79 Å². The highest BCUT2D eigenvalue weighted by atomic mass is 16.5. The van der Waals surface area contributed by atoms with Crippen LogP contribution in [0.2, 0.25) is 0 Å². The molecule has 1 aromatic carbocycles. The molecule has 0 saturated carbocycles. The number of nitrogens with one attached hydrogen (secondary N) is 1. The summed E-state index contributed by atoms with van der Waals surface area (Å²) in [6.07, 6.45) is -0.108. The number of imide groups is 1. The zero-order valence-corrected chi connectivity index (χ0v) is 11.2. The van der Waals surface area contributed by atoms with E-state index >= 15 is 0 Å². The van der Waals surface area contributed by atoms with Crippen molar-refractivity contribution in [2.75, 3.05) is 7.05 Å². The van der Waals surface area contributed by atoms with Gasteiger partial charge in [-0.1, -0.05) is 30.3 Å². The molecule has 2 rings (SSSR count). The predicted octanol–water partition coefficient (Wildman–Crippen LogP) is 1.06. The number of rotatable bonds is 3. The summed E-state index contributed by atoms with van der Waals surface area (Å²) in [6, 6.07) is 8.55. The van der Waals surface area contributed by atoms with E-state index in [2.05, 4.69) is 5.32 Å². The number of piperidine rings is 1. The van der Waals surface area contributed by atoms with Gasteiger partial charge in [-0.3, -0.25) is 14.5 Å². The van der Waals surface area contributed by atoms with Crippen LogP contribution in [0.3, 0.4) is 0 Å². The molecule has 1 N–H and O–H groups in total. The van der Waals surface area contributed by atoms with Gasteiger partial charge in [0.25, 0.3) is 5.91 Å². The number of nitrogens with zero attached hydrogens (tertiary/aromatic N) is 1. The Bertz CT molecular complexity index is 515. The highest BCUT2D eigenvalue weighted by Gasteiger charge is 2.32. The van der Waals surface area contributed by atoms with Crippen molar-refractivity contribution in [3.8, 4) is 0 Å². The highest BCUT2D eigenvalue weighted by molar-refractivity contribution is 6.01. The Hall–Kier alpha value is -2.37. The summed E-state index contributed by atoms with van der Waals surface area (Å²) in [4.78, 5) is 35.8. The molecule has 0 aliphatic carbocycles. The standard InChI is InChI=1S/C14H16N2O4/c1-16-12(17)8-7-11(13(16)18)15-14(19)20-9-10-5-3-2-4-6-10/h2-6,11H,7-9H2,1H3,(H,15,19)/t11-/m1/s1. The molecule has 0 aromatic heterocycles. The molecule has 1 saturated heterocycles. The number of likely N-dealkylation sites (tertiary alicyclic amines) is 1. The van der Waals surface area contributed by atoms with Gasteiger partial charge < -0.3 is 10.1 Å². The Labute approximate surface area is 116 Å². The minimum absolute atomic E-state index is 0.141. The molecule has 6 heteroatoms. The molecule has 1 aromatic rings. The van der Waals surface area contributed by atoms with Crippen LogP contribution in [0, 0.1) is 0 Å². The molecule has 1 fully saturated rings. The van der Waals surface area contributed by atoms with Crippen LogP contribution in [0.15, 0.2) is 30.3 Å². The average molecular weight is 276 g/mol. The van der Waals surface area contributed by atoms with Crippen molar-refractivity contribution in [3.05, 3.63) is 35.9 Å². The minimum atomic E-state index is -0.694. The van der Waals surface area contributed by atoms with Crippen LogP contribution >= 0.6 is 0 Å². The highest BCUT2D eigenvalue weighted by Crippen LogP contribution is 2.11. The molecule has 0 spiro atoms. The lowest BCUT2D eigenvalue weighted by molar-refractivity contribution is -0.147. The Morgan fingerprint density at radius 3 is 2.75 bits per heavy atom. The van der Waals surface area contributed by atoms with Gasteiger partial charge in [0, 0.05) is 13.5 Å². The maximum atomic E-state index is 11.8. The van der Waals surface area contributed by atoms with Crippen LogP contribution in [0.25, 0.3) is 0 Å². The van der Waals surface area contributed by atoms with E-state index in [0.29, 0.717) is 6.42 Å². The zero-order chi connectivity index (χ0) is 14.5. The third-order valence-electron chi connectivity index (χ3n) is 3.15. The predicted molar refractivity (Wildman–Crippen MR) is 70.6 cm³/mol. The largest absolute Gasteiger partial charge is 0.445 e. The fourth-order valence-corrected chi connectivity index (χ4v) is 1.96. The molecule has 0 bridgehead atoms. The van der Waals surface area contributed by atoms with Gasteiger partial charge in [-0.05, 0) is 12.0 Å². The SMILES string of the molecule is CN1C(=O)CC[C@@H](NC(=O)OCc2ccccc2)C1=O. The first-order valence-electron chi connectivity index (χ1n) is 6.35. The molecule has 1 aliphatic heterocycles. The summed E-state index contributed by atoms with van der Waals surface area (Å²) in [5, 5.41) is 2.49. The average Bonchev–Trinajstić information content (AvgIpc) is 2.47. The molecule has 0 unspecified atom stereocenters. The fourth-order valence-electron chi connectivity index (χ4n) is 1.96. The first-order chi connectivity index (χ1) is 9.58. The Morgan fingerprint density at radius 1 is 1.35 bits per heavy atom. The number of ether oxygens (including phenoxy) is 1. The van der Waals surface area contributed by atoms with Crippen molar-refractivity contribution in [2.24, 2.45) is 0 Å². The number of likely N-dealkylation sites (N-methyl/N-ethyl adjacent to an activating group) is 1. The third-order valence-corrected chi connectivity index (χ3v) is 3.15. The number of alkyl carbamates (subject to hydrolysis) is 1. The summed E-state index contributed by atoms with van der Waals surface area (Å²) in [6.45, 7) is 0.141. The number of amides is 3. The van der Waals surface area contributed by atoms with Gasteiger partial charge in [0.2, 0.25) is 5.91 Å². The Kier molecular flexibility index (Phi) is 4.34. The van der Waals surface area contributed by atoms with E-state index in [9.17, 15) is 14.4 Å². The van der Waals surface area contributed by atoms with Crippen molar-refractivity contribution in [1.29, 1.82) is 0 Å². The maximum Gasteiger partial charge on any atom is 0.408 e. The van der Waals surface area contributed by atoms with Crippen molar-refractivity contribution >= 4 is 17.9 Å². The lowest BCUT2D eigenvalue weighted by atomic mass is 10.1. The Balaban J connectivity index is 1.83. The lowest BCUT2D eigenvalue weighted by Crippen LogP contribution is -2.52. The molecule has 1 atom stereocenters. The number of benzene rings is 1.